The number of nitrogens with zero attached hydrogens (tertiary/aromatic N) is 3. The molecule has 2 fully saturated rings. The van der Waals surface area contributed by atoms with E-state index < -0.39 is 0 Å². The molecule has 3 rings (SSSR count). The standard InChI is InChI=1S/C16H28N4O/c1-3-14-11-17-16(8-5-4-6-9-16)12-20(14)10-7-15-18-13(2)19-21-15/h14,17H,3-12H2,1-2H3. The Hall–Kier alpha value is -0.940. The SMILES string of the molecule is CCC1CNC2(CCCCC2)CN1CCc1nc(C)no1. The lowest BCUT2D eigenvalue weighted by Crippen LogP contribution is -2.64. The molecule has 21 heavy (non-hydrogen) atoms. The highest BCUT2D eigenvalue weighted by Crippen LogP contribution is 2.32. The number of rotatable bonds is 4. The summed E-state index contributed by atoms with van der Waals surface area (Å²) in [7, 11) is 0. The highest BCUT2D eigenvalue weighted by molar-refractivity contribution is 5.00. The summed E-state index contributed by atoms with van der Waals surface area (Å²) in [6, 6.07) is 0.640. The zero-order valence-corrected chi connectivity index (χ0v) is 13.4. The fourth-order valence-electron chi connectivity index (χ4n) is 3.95. The number of nitrogens with one attached hydrogen (secondary N) is 1. The monoisotopic (exact) mass is 292 g/mol. The summed E-state index contributed by atoms with van der Waals surface area (Å²) in [5, 5.41) is 7.76. The quantitative estimate of drug-likeness (QED) is 0.923. The molecule has 1 saturated carbocycles. The Bertz CT molecular complexity index is 453. The molecule has 1 atom stereocenters. The molecule has 1 spiro atoms. The summed E-state index contributed by atoms with van der Waals surface area (Å²) in [5.74, 6) is 1.51. The molecule has 118 valence electrons. The van der Waals surface area contributed by atoms with Crippen LogP contribution in [-0.4, -0.2) is 46.3 Å². The van der Waals surface area contributed by atoms with Gasteiger partial charge in [0.05, 0.1) is 0 Å². The van der Waals surface area contributed by atoms with E-state index in [1.807, 2.05) is 6.92 Å². The van der Waals surface area contributed by atoms with Crippen LogP contribution in [0.5, 0.6) is 0 Å². The average molecular weight is 292 g/mol. The van der Waals surface area contributed by atoms with Gasteiger partial charge in [-0.3, -0.25) is 4.90 Å². The van der Waals surface area contributed by atoms with Crippen LogP contribution in [0.3, 0.4) is 0 Å². The fraction of sp³-hybridized carbons (Fsp3) is 0.875. The summed E-state index contributed by atoms with van der Waals surface area (Å²) in [6.45, 7) is 7.50. The molecule has 1 unspecified atom stereocenters. The Morgan fingerprint density at radius 2 is 2.14 bits per heavy atom. The normalized spacial score (nSPS) is 26.3. The van der Waals surface area contributed by atoms with Crippen LogP contribution in [0.4, 0.5) is 0 Å². The largest absolute Gasteiger partial charge is 0.339 e. The molecule has 5 nitrogen and oxygen atoms in total. The second kappa shape index (κ2) is 6.44. The van der Waals surface area contributed by atoms with Crippen LogP contribution in [0, 0.1) is 6.92 Å². The van der Waals surface area contributed by atoms with Gasteiger partial charge in [0.15, 0.2) is 5.82 Å². The van der Waals surface area contributed by atoms with E-state index in [1.54, 1.807) is 0 Å². The molecule has 1 aliphatic carbocycles. The molecule has 0 aromatic carbocycles. The van der Waals surface area contributed by atoms with Gasteiger partial charge < -0.3 is 9.84 Å². The van der Waals surface area contributed by atoms with E-state index in [1.165, 1.54) is 45.1 Å². The topological polar surface area (TPSA) is 54.2 Å². The van der Waals surface area contributed by atoms with Crippen LogP contribution < -0.4 is 5.32 Å². The van der Waals surface area contributed by atoms with Crippen LogP contribution in [0.25, 0.3) is 0 Å². The van der Waals surface area contributed by atoms with Crippen molar-refractivity contribution in [2.24, 2.45) is 0 Å². The van der Waals surface area contributed by atoms with Crippen LogP contribution in [0.15, 0.2) is 4.52 Å². The van der Waals surface area contributed by atoms with Gasteiger partial charge in [0.25, 0.3) is 0 Å². The summed E-state index contributed by atoms with van der Waals surface area (Å²) in [6.07, 6.45) is 8.89. The third-order valence-electron chi connectivity index (χ3n) is 5.20. The lowest BCUT2D eigenvalue weighted by Gasteiger charge is -2.49. The number of aryl methyl sites for hydroxylation is 1. The zero-order chi connectivity index (χ0) is 14.7. The van der Waals surface area contributed by atoms with Crippen molar-refractivity contribution in [2.75, 3.05) is 19.6 Å². The summed E-state index contributed by atoms with van der Waals surface area (Å²) in [4.78, 5) is 6.98. The van der Waals surface area contributed by atoms with Crippen molar-refractivity contribution in [1.82, 2.24) is 20.4 Å². The smallest absolute Gasteiger partial charge is 0.227 e. The third kappa shape index (κ3) is 3.46. The van der Waals surface area contributed by atoms with Gasteiger partial charge in [0.1, 0.15) is 0 Å². The van der Waals surface area contributed by atoms with E-state index in [0.29, 0.717) is 11.6 Å². The molecule has 1 saturated heterocycles. The minimum absolute atomic E-state index is 0.370. The van der Waals surface area contributed by atoms with Crippen molar-refractivity contribution in [2.45, 2.75) is 70.4 Å². The predicted molar refractivity (Wildman–Crippen MR) is 82.2 cm³/mol. The lowest BCUT2D eigenvalue weighted by atomic mass is 9.79. The maximum atomic E-state index is 5.26. The van der Waals surface area contributed by atoms with Crippen LogP contribution in [0.2, 0.25) is 0 Å². The van der Waals surface area contributed by atoms with Gasteiger partial charge in [-0.25, -0.2) is 0 Å². The minimum atomic E-state index is 0.370. The fourth-order valence-corrected chi connectivity index (χ4v) is 3.95. The van der Waals surface area contributed by atoms with Crippen LogP contribution >= 0.6 is 0 Å². The third-order valence-corrected chi connectivity index (χ3v) is 5.20. The highest BCUT2D eigenvalue weighted by atomic mass is 16.5. The van der Waals surface area contributed by atoms with Crippen molar-refractivity contribution in [3.05, 3.63) is 11.7 Å². The van der Waals surface area contributed by atoms with E-state index in [2.05, 4.69) is 27.3 Å². The predicted octanol–water partition coefficient (Wildman–Crippen LogP) is 2.31. The van der Waals surface area contributed by atoms with Crippen molar-refractivity contribution in [3.63, 3.8) is 0 Å². The summed E-state index contributed by atoms with van der Waals surface area (Å²) in [5.41, 5.74) is 0.370. The first-order valence-electron chi connectivity index (χ1n) is 8.49. The summed E-state index contributed by atoms with van der Waals surface area (Å²) >= 11 is 0. The van der Waals surface area contributed by atoms with Gasteiger partial charge >= 0.3 is 0 Å². The maximum Gasteiger partial charge on any atom is 0.227 e. The molecule has 0 bridgehead atoms. The van der Waals surface area contributed by atoms with E-state index in [0.717, 1.165) is 31.2 Å². The average Bonchev–Trinajstić information content (AvgIpc) is 2.92. The number of piperazine rings is 1. The van der Waals surface area contributed by atoms with Crippen molar-refractivity contribution < 1.29 is 4.52 Å². The van der Waals surface area contributed by atoms with Gasteiger partial charge in [-0.1, -0.05) is 31.3 Å². The molecule has 2 aliphatic rings. The first kappa shape index (κ1) is 15.0. The first-order chi connectivity index (χ1) is 10.2. The van der Waals surface area contributed by atoms with Gasteiger partial charge in [-0.05, 0) is 26.2 Å². The van der Waals surface area contributed by atoms with Gasteiger partial charge in [0.2, 0.25) is 5.89 Å². The van der Waals surface area contributed by atoms with Gasteiger partial charge in [-0.2, -0.15) is 4.98 Å². The Balaban J connectivity index is 1.62. The Morgan fingerprint density at radius 3 is 2.81 bits per heavy atom. The van der Waals surface area contributed by atoms with Crippen molar-refractivity contribution in [3.8, 4) is 0 Å². The van der Waals surface area contributed by atoms with Gasteiger partial charge in [0, 0.05) is 37.6 Å². The molecular weight excluding hydrogens is 264 g/mol. The highest BCUT2D eigenvalue weighted by Gasteiger charge is 2.39. The number of aromatic nitrogens is 2. The molecule has 0 amide bonds. The molecule has 1 aromatic rings. The molecular formula is C16H28N4O. The Labute approximate surface area is 127 Å². The minimum Gasteiger partial charge on any atom is -0.339 e. The van der Waals surface area contributed by atoms with Crippen LogP contribution in [0.1, 0.15) is 57.2 Å². The number of hydrogen-bond donors (Lipinski definition) is 1. The molecule has 1 aliphatic heterocycles. The maximum absolute atomic E-state index is 5.26. The van der Waals surface area contributed by atoms with E-state index in [9.17, 15) is 0 Å². The molecule has 2 heterocycles. The molecule has 1 aromatic heterocycles. The Kier molecular flexibility index (Phi) is 4.60. The van der Waals surface area contributed by atoms with Gasteiger partial charge in [-0.15, -0.1) is 0 Å². The van der Waals surface area contributed by atoms with Crippen molar-refractivity contribution >= 4 is 0 Å². The second-order valence-corrected chi connectivity index (χ2v) is 6.74. The van der Waals surface area contributed by atoms with Crippen molar-refractivity contribution in [1.29, 1.82) is 0 Å². The number of hydrogen-bond acceptors (Lipinski definition) is 5. The van der Waals surface area contributed by atoms with Crippen LogP contribution in [-0.2, 0) is 6.42 Å². The zero-order valence-electron chi connectivity index (χ0n) is 13.4. The summed E-state index contributed by atoms with van der Waals surface area (Å²) < 4.78 is 5.26. The van der Waals surface area contributed by atoms with E-state index >= 15 is 0 Å². The molecule has 5 heteroatoms. The van der Waals surface area contributed by atoms with E-state index in [4.69, 9.17) is 4.52 Å². The first-order valence-corrected chi connectivity index (χ1v) is 8.49. The Morgan fingerprint density at radius 1 is 1.33 bits per heavy atom. The molecule has 0 radical (unpaired) electrons. The second-order valence-electron chi connectivity index (χ2n) is 6.74. The van der Waals surface area contributed by atoms with E-state index in [-0.39, 0.29) is 0 Å². The lowest BCUT2D eigenvalue weighted by molar-refractivity contribution is 0.0534. The molecule has 1 N–H and O–H groups in total.